The minimum absolute atomic E-state index is 0.102. The van der Waals surface area contributed by atoms with Gasteiger partial charge in [0.2, 0.25) is 5.91 Å². The molecule has 1 atom stereocenters. The van der Waals surface area contributed by atoms with Gasteiger partial charge in [0, 0.05) is 45.9 Å². The van der Waals surface area contributed by atoms with E-state index < -0.39 is 0 Å². The normalized spacial score (nSPS) is 29.5. The first-order valence-electron chi connectivity index (χ1n) is 7.91. The summed E-state index contributed by atoms with van der Waals surface area (Å²) >= 11 is 0. The maximum Gasteiger partial charge on any atom is 0.248 e. The van der Waals surface area contributed by atoms with E-state index in [4.69, 9.17) is 9.47 Å². The molecule has 3 heterocycles. The van der Waals surface area contributed by atoms with Crippen molar-refractivity contribution < 1.29 is 14.3 Å². The van der Waals surface area contributed by atoms with E-state index in [1.807, 2.05) is 4.90 Å². The van der Waals surface area contributed by atoms with Crippen molar-refractivity contribution in [3.05, 3.63) is 0 Å². The Bertz CT molecular complexity index is 396. The highest BCUT2D eigenvalue weighted by Gasteiger charge is 2.55. The van der Waals surface area contributed by atoms with Crippen LogP contribution in [0.1, 0.15) is 13.8 Å². The van der Waals surface area contributed by atoms with Gasteiger partial charge in [-0.25, -0.2) is 0 Å². The first-order valence-corrected chi connectivity index (χ1v) is 7.91. The topological polar surface area (TPSA) is 45.2 Å². The highest BCUT2D eigenvalue weighted by Crippen LogP contribution is 2.36. The van der Waals surface area contributed by atoms with Gasteiger partial charge in [-0.05, 0) is 13.8 Å². The van der Waals surface area contributed by atoms with E-state index in [0.717, 1.165) is 45.9 Å². The van der Waals surface area contributed by atoms with E-state index in [0.29, 0.717) is 12.1 Å². The Morgan fingerprint density at radius 1 is 1.38 bits per heavy atom. The van der Waals surface area contributed by atoms with E-state index in [1.165, 1.54) is 0 Å². The van der Waals surface area contributed by atoms with Gasteiger partial charge in [-0.2, -0.15) is 0 Å². The number of rotatable bonds is 3. The van der Waals surface area contributed by atoms with Gasteiger partial charge < -0.3 is 14.4 Å². The molecule has 0 saturated carbocycles. The molecule has 0 radical (unpaired) electrons. The lowest BCUT2D eigenvalue weighted by atomic mass is 9.81. The molecule has 0 unspecified atom stereocenters. The molecular weight excluding hydrogens is 270 g/mol. The number of methoxy groups -OCH3 is 1. The van der Waals surface area contributed by atoms with E-state index in [9.17, 15) is 4.79 Å². The molecule has 6 heteroatoms. The monoisotopic (exact) mass is 297 g/mol. The average Bonchev–Trinajstić information content (AvgIpc) is 2.43. The molecule has 3 aliphatic heterocycles. The number of hydrogen-bond acceptors (Lipinski definition) is 5. The van der Waals surface area contributed by atoms with Crippen LogP contribution in [0.5, 0.6) is 0 Å². The summed E-state index contributed by atoms with van der Waals surface area (Å²) in [6.45, 7) is 10.9. The third-order valence-corrected chi connectivity index (χ3v) is 5.10. The summed E-state index contributed by atoms with van der Waals surface area (Å²) in [5.74, 6) is 0.102. The zero-order valence-corrected chi connectivity index (χ0v) is 13.4. The van der Waals surface area contributed by atoms with Gasteiger partial charge >= 0.3 is 0 Å². The Labute approximate surface area is 126 Å². The molecule has 0 bridgehead atoms. The number of ether oxygens (including phenoxy) is 2. The number of carbonyl (C=O) groups excluding carboxylic acids is 1. The molecule has 120 valence electrons. The van der Waals surface area contributed by atoms with Gasteiger partial charge in [-0.15, -0.1) is 0 Å². The second-order valence-electron chi connectivity index (χ2n) is 6.85. The zero-order valence-electron chi connectivity index (χ0n) is 13.4. The Balaban J connectivity index is 1.74. The maximum absolute atomic E-state index is 12.2. The Morgan fingerprint density at radius 2 is 2.14 bits per heavy atom. The Morgan fingerprint density at radius 3 is 2.81 bits per heavy atom. The number of hydrogen-bond donors (Lipinski definition) is 0. The van der Waals surface area contributed by atoms with Gasteiger partial charge in [-0.1, -0.05) is 0 Å². The minimum atomic E-state index is 0.102. The van der Waals surface area contributed by atoms with Crippen molar-refractivity contribution >= 4 is 5.91 Å². The fraction of sp³-hybridized carbons (Fsp3) is 0.933. The van der Waals surface area contributed by atoms with Crippen LogP contribution in [0.25, 0.3) is 0 Å². The second kappa shape index (κ2) is 5.83. The lowest BCUT2D eigenvalue weighted by Gasteiger charge is -2.64. The quantitative estimate of drug-likeness (QED) is 0.712. The summed E-state index contributed by atoms with van der Waals surface area (Å²) in [5.41, 5.74) is 0.125. The van der Waals surface area contributed by atoms with Gasteiger partial charge in [0.05, 0.1) is 24.8 Å². The lowest BCUT2D eigenvalue weighted by molar-refractivity contribution is -0.180. The van der Waals surface area contributed by atoms with Crippen molar-refractivity contribution in [2.24, 2.45) is 0 Å². The third-order valence-electron chi connectivity index (χ3n) is 5.10. The highest BCUT2D eigenvalue weighted by molar-refractivity contribution is 5.77. The molecular formula is C15H27N3O3. The molecule has 3 saturated heterocycles. The number of amides is 1. The number of nitrogens with zero attached hydrogens (tertiary/aromatic N) is 3. The molecule has 0 aromatic rings. The van der Waals surface area contributed by atoms with Crippen LogP contribution in [0, 0.1) is 0 Å². The number of morpholine rings is 1. The summed E-state index contributed by atoms with van der Waals surface area (Å²) in [6, 6.07) is 0.905. The molecule has 0 aromatic heterocycles. The average molecular weight is 297 g/mol. The van der Waals surface area contributed by atoms with Crippen molar-refractivity contribution in [3.8, 4) is 0 Å². The van der Waals surface area contributed by atoms with Crippen LogP contribution in [-0.2, 0) is 14.3 Å². The molecule has 3 rings (SSSR count). The SMILES string of the molecule is COCC(=O)N1C[C@@H]2COCCN2C2(C1)CN(C(C)C)C2. The van der Waals surface area contributed by atoms with E-state index in [2.05, 4.69) is 23.6 Å². The molecule has 21 heavy (non-hydrogen) atoms. The zero-order chi connectivity index (χ0) is 15.0. The van der Waals surface area contributed by atoms with E-state index >= 15 is 0 Å². The van der Waals surface area contributed by atoms with Crippen LogP contribution in [0.3, 0.4) is 0 Å². The first-order chi connectivity index (χ1) is 10.1. The summed E-state index contributed by atoms with van der Waals surface area (Å²) in [7, 11) is 1.58. The summed E-state index contributed by atoms with van der Waals surface area (Å²) in [6.07, 6.45) is 0. The predicted molar refractivity (Wildman–Crippen MR) is 79.2 cm³/mol. The molecule has 0 aromatic carbocycles. The minimum Gasteiger partial charge on any atom is -0.378 e. The van der Waals surface area contributed by atoms with Crippen molar-refractivity contribution in [1.82, 2.24) is 14.7 Å². The highest BCUT2D eigenvalue weighted by atomic mass is 16.5. The summed E-state index contributed by atoms with van der Waals surface area (Å²) in [4.78, 5) is 19.3. The number of carbonyl (C=O) groups is 1. The van der Waals surface area contributed by atoms with Crippen LogP contribution in [0.4, 0.5) is 0 Å². The fourth-order valence-electron chi connectivity index (χ4n) is 3.96. The van der Waals surface area contributed by atoms with Gasteiger partial charge in [0.25, 0.3) is 0 Å². The molecule has 3 fully saturated rings. The van der Waals surface area contributed by atoms with E-state index in [-0.39, 0.29) is 18.1 Å². The van der Waals surface area contributed by atoms with Crippen LogP contribution < -0.4 is 0 Å². The Kier molecular flexibility index (Phi) is 4.23. The summed E-state index contributed by atoms with van der Waals surface area (Å²) in [5, 5.41) is 0. The molecule has 3 aliphatic rings. The summed E-state index contributed by atoms with van der Waals surface area (Å²) < 4.78 is 10.7. The fourth-order valence-corrected chi connectivity index (χ4v) is 3.96. The van der Waals surface area contributed by atoms with Crippen molar-refractivity contribution in [2.75, 3.05) is 59.7 Å². The molecule has 0 aliphatic carbocycles. The van der Waals surface area contributed by atoms with Crippen LogP contribution in [-0.4, -0.2) is 97.9 Å². The molecule has 0 N–H and O–H groups in total. The standard InChI is InChI=1S/C15H27N3O3/c1-12(2)17-10-15(11-17)9-16(14(19)8-20-3)6-13-7-21-5-4-18(13)15/h12-13H,4-11H2,1-3H3/t13-/m1/s1. The largest absolute Gasteiger partial charge is 0.378 e. The van der Waals surface area contributed by atoms with Gasteiger partial charge in [-0.3, -0.25) is 14.6 Å². The smallest absolute Gasteiger partial charge is 0.248 e. The van der Waals surface area contributed by atoms with Crippen LogP contribution in [0.15, 0.2) is 0 Å². The maximum atomic E-state index is 12.2. The Hall–Kier alpha value is -0.690. The lowest BCUT2D eigenvalue weighted by Crippen LogP contribution is -2.81. The number of piperazine rings is 1. The van der Waals surface area contributed by atoms with Gasteiger partial charge in [0.1, 0.15) is 6.61 Å². The third kappa shape index (κ3) is 2.70. The molecule has 1 amide bonds. The second-order valence-corrected chi connectivity index (χ2v) is 6.85. The van der Waals surface area contributed by atoms with Crippen LogP contribution in [0.2, 0.25) is 0 Å². The number of fused-ring (bicyclic) bond motifs is 2. The van der Waals surface area contributed by atoms with E-state index in [1.54, 1.807) is 7.11 Å². The van der Waals surface area contributed by atoms with Crippen molar-refractivity contribution in [1.29, 1.82) is 0 Å². The first kappa shape index (κ1) is 15.2. The number of likely N-dealkylation sites (tertiary alicyclic amines) is 1. The molecule has 1 spiro atoms. The van der Waals surface area contributed by atoms with Crippen LogP contribution >= 0.6 is 0 Å². The van der Waals surface area contributed by atoms with Gasteiger partial charge in [0.15, 0.2) is 0 Å². The molecule has 6 nitrogen and oxygen atoms in total. The van der Waals surface area contributed by atoms with Crippen molar-refractivity contribution in [2.45, 2.75) is 31.5 Å². The predicted octanol–water partition coefficient (Wildman–Crippen LogP) is -0.361. The van der Waals surface area contributed by atoms with Crippen molar-refractivity contribution in [3.63, 3.8) is 0 Å².